The molecule has 0 aliphatic carbocycles. The molecule has 21 heavy (non-hydrogen) atoms. The number of benzene rings is 1. The van der Waals surface area contributed by atoms with Crippen molar-refractivity contribution >= 4 is 61.1 Å². The van der Waals surface area contributed by atoms with Crippen molar-refractivity contribution in [2.75, 3.05) is 0 Å². The topological polar surface area (TPSA) is 40.9 Å². The zero-order chi connectivity index (χ0) is 15.0. The molecule has 0 radical (unpaired) electrons. The first-order valence-corrected chi connectivity index (χ1v) is 8.41. The lowest BCUT2D eigenvalue weighted by atomic mass is 9.95. The fourth-order valence-corrected chi connectivity index (χ4v) is 4.39. The molecule has 0 saturated heterocycles. The number of ketones is 1. The summed E-state index contributed by atoms with van der Waals surface area (Å²) < 4.78 is 2.13. The average Bonchev–Trinajstić information content (AvgIpc) is 3.04. The predicted octanol–water partition coefficient (Wildman–Crippen LogP) is 5.76. The van der Waals surface area contributed by atoms with E-state index in [1.165, 1.54) is 11.3 Å². The van der Waals surface area contributed by atoms with Crippen molar-refractivity contribution in [2.24, 2.45) is 0 Å². The normalized spacial score (nSPS) is 12.2. The van der Waals surface area contributed by atoms with Crippen LogP contribution in [0.5, 0.6) is 0 Å². The summed E-state index contributed by atoms with van der Waals surface area (Å²) in [4.78, 5) is 13.1. The number of nitriles is 1. The van der Waals surface area contributed by atoms with E-state index in [0.29, 0.717) is 20.5 Å². The minimum atomic E-state index is -0.868. The maximum Gasteiger partial charge on any atom is 0.194 e. The molecule has 3 aromatic rings. The maximum atomic E-state index is 12.6. The molecule has 1 atom stereocenters. The SMILES string of the molecule is N#CC(C(=O)c1cc2sccc2s1)c1ccc(Cl)c(Cl)c1. The number of carbonyl (C=O) groups excluding carboxylic acids is 1. The van der Waals surface area contributed by atoms with E-state index in [-0.39, 0.29) is 5.78 Å². The molecule has 1 aromatic carbocycles. The third-order valence-corrected chi connectivity index (χ3v) is 5.90. The van der Waals surface area contributed by atoms with E-state index in [1.54, 1.807) is 29.5 Å². The number of rotatable bonds is 3. The standard InChI is InChI=1S/C15H7Cl2NOS2/c16-10-2-1-8(5-11(10)17)9(7-18)15(19)14-6-13-12(21-14)3-4-20-13/h1-6,9H. The van der Waals surface area contributed by atoms with Crippen LogP contribution in [0, 0.1) is 11.3 Å². The smallest absolute Gasteiger partial charge is 0.194 e. The van der Waals surface area contributed by atoms with Gasteiger partial charge in [-0.1, -0.05) is 29.3 Å². The molecule has 0 amide bonds. The summed E-state index contributed by atoms with van der Waals surface area (Å²) in [6, 6.07) is 10.7. The first-order valence-electron chi connectivity index (χ1n) is 5.96. The van der Waals surface area contributed by atoms with Crippen LogP contribution in [-0.4, -0.2) is 5.78 Å². The molecular weight excluding hydrogens is 345 g/mol. The Balaban J connectivity index is 1.99. The number of halogens is 2. The molecule has 1 unspecified atom stereocenters. The second-order valence-corrected chi connectivity index (χ2v) is 7.21. The van der Waals surface area contributed by atoms with Crippen LogP contribution in [0.15, 0.2) is 35.7 Å². The number of fused-ring (bicyclic) bond motifs is 1. The lowest BCUT2D eigenvalue weighted by Gasteiger charge is -2.08. The molecule has 0 aliphatic heterocycles. The molecule has 0 saturated carbocycles. The van der Waals surface area contributed by atoms with E-state index in [9.17, 15) is 10.1 Å². The highest BCUT2D eigenvalue weighted by Crippen LogP contribution is 2.34. The summed E-state index contributed by atoms with van der Waals surface area (Å²) in [6.07, 6.45) is 0. The van der Waals surface area contributed by atoms with E-state index in [2.05, 4.69) is 6.07 Å². The van der Waals surface area contributed by atoms with Crippen molar-refractivity contribution in [1.29, 1.82) is 5.26 Å². The molecule has 3 rings (SSSR count). The summed E-state index contributed by atoms with van der Waals surface area (Å²) >= 11 is 14.8. The summed E-state index contributed by atoms with van der Waals surface area (Å²) in [5.41, 5.74) is 0.564. The van der Waals surface area contributed by atoms with Gasteiger partial charge in [0.1, 0.15) is 5.92 Å². The van der Waals surface area contributed by atoms with Crippen LogP contribution >= 0.6 is 45.9 Å². The quantitative estimate of drug-likeness (QED) is 0.562. The van der Waals surface area contributed by atoms with Crippen LogP contribution in [0.25, 0.3) is 9.40 Å². The van der Waals surface area contributed by atoms with Gasteiger partial charge in [-0.05, 0) is 35.2 Å². The third kappa shape index (κ3) is 2.70. The summed E-state index contributed by atoms with van der Waals surface area (Å²) in [5, 5.41) is 12.1. The Morgan fingerprint density at radius 1 is 1.14 bits per heavy atom. The molecule has 2 nitrogen and oxygen atoms in total. The summed E-state index contributed by atoms with van der Waals surface area (Å²) in [5.74, 6) is -1.07. The summed E-state index contributed by atoms with van der Waals surface area (Å²) in [7, 11) is 0. The van der Waals surface area contributed by atoms with Crippen LogP contribution in [0.1, 0.15) is 21.2 Å². The van der Waals surface area contributed by atoms with E-state index < -0.39 is 5.92 Å². The monoisotopic (exact) mass is 351 g/mol. The van der Waals surface area contributed by atoms with Gasteiger partial charge in [-0.3, -0.25) is 4.79 Å². The fraction of sp³-hybridized carbons (Fsp3) is 0.0667. The molecule has 0 N–H and O–H groups in total. The van der Waals surface area contributed by atoms with Gasteiger partial charge in [0.15, 0.2) is 5.78 Å². The number of carbonyl (C=O) groups is 1. The summed E-state index contributed by atoms with van der Waals surface area (Å²) in [6.45, 7) is 0. The minimum Gasteiger partial charge on any atom is -0.291 e. The van der Waals surface area contributed by atoms with Gasteiger partial charge < -0.3 is 0 Å². The Morgan fingerprint density at radius 3 is 2.62 bits per heavy atom. The average molecular weight is 352 g/mol. The number of hydrogen-bond acceptors (Lipinski definition) is 4. The van der Waals surface area contributed by atoms with Crippen LogP contribution in [0.4, 0.5) is 0 Å². The van der Waals surface area contributed by atoms with Crippen LogP contribution in [0.3, 0.4) is 0 Å². The molecule has 0 spiro atoms. The van der Waals surface area contributed by atoms with Crippen molar-refractivity contribution in [3.8, 4) is 6.07 Å². The Hall–Kier alpha value is -1.38. The van der Waals surface area contributed by atoms with Crippen LogP contribution < -0.4 is 0 Å². The first kappa shape index (κ1) is 14.6. The molecular formula is C15H7Cl2NOS2. The molecule has 0 fully saturated rings. The van der Waals surface area contributed by atoms with Crippen molar-refractivity contribution in [3.63, 3.8) is 0 Å². The molecule has 0 aliphatic rings. The lowest BCUT2D eigenvalue weighted by molar-refractivity contribution is 0.0983. The lowest BCUT2D eigenvalue weighted by Crippen LogP contribution is -2.09. The van der Waals surface area contributed by atoms with Crippen molar-refractivity contribution in [1.82, 2.24) is 0 Å². The van der Waals surface area contributed by atoms with Crippen LogP contribution in [-0.2, 0) is 0 Å². The van der Waals surface area contributed by atoms with Gasteiger partial charge in [-0.15, -0.1) is 22.7 Å². The van der Waals surface area contributed by atoms with Gasteiger partial charge >= 0.3 is 0 Å². The molecule has 104 valence electrons. The van der Waals surface area contributed by atoms with Gasteiger partial charge in [-0.25, -0.2) is 0 Å². The molecule has 6 heteroatoms. The first-order chi connectivity index (χ1) is 10.1. The van der Waals surface area contributed by atoms with Gasteiger partial charge in [0, 0.05) is 9.40 Å². The Labute approximate surface area is 139 Å². The Morgan fingerprint density at radius 2 is 1.95 bits per heavy atom. The number of thiophene rings is 2. The van der Waals surface area contributed by atoms with Crippen LogP contribution in [0.2, 0.25) is 10.0 Å². The third-order valence-electron chi connectivity index (χ3n) is 3.05. The second kappa shape index (κ2) is 5.78. The largest absolute Gasteiger partial charge is 0.291 e. The van der Waals surface area contributed by atoms with E-state index in [1.807, 2.05) is 17.5 Å². The molecule has 0 bridgehead atoms. The zero-order valence-electron chi connectivity index (χ0n) is 10.5. The van der Waals surface area contributed by atoms with Gasteiger partial charge in [-0.2, -0.15) is 5.26 Å². The maximum absolute atomic E-state index is 12.6. The van der Waals surface area contributed by atoms with Gasteiger partial charge in [0.05, 0.1) is 21.0 Å². The zero-order valence-corrected chi connectivity index (χ0v) is 13.6. The van der Waals surface area contributed by atoms with Gasteiger partial charge in [0.2, 0.25) is 0 Å². The van der Waals surface area contributed by atoms with E-state index in [4.69, 9.17) is 23.2 Å². The van der Waals surface area contributed by atoms with Crippen molar-refractivity contribution in [2.45, 2.75) is 5.92 Å². The highest BCUT2D eigenvalue weighted by molar-refractivity contribution is 7.27. The number of Topliss-reactive ketones (excluding diaryl/α,β-unsaturated/α-hetero) is 1. The predicted molar refractivity (Wildman–Crippen MR) is 88.8 cm³/mol. The number of hydrogen-bond donors (Lipinski definition) is 0. The number of nitrogens with zero attached hydrogens (tertiary/aromatic N) is 1. The Kier molecular flexibility index (Phi) is 4.01. The van der Waals surface area contributed by atoms with Crippen molar-refractivity contribution in [3.05, 3.63) is 56.2 Å². The Bertz CT molecular complexity index is 847. The van der Waals surface area contributed by atoms with E-state index >= 15 is 0 Å². The molecule has 2 heterocycles. The highest BCUT2D eigenvalue weighted by Gasteiger charge is 2.24. The highest BCUT2D eigenvalue weighted by atomic mass is 35.5. The van der Waals surface area contributed by atoms with E-state index in [0.717, 1.165) is 9.40 Å². The fourth-order valence-electron chi connectivity index (χ4n) is 2.01. The second-order valence-electron chi connectivity index (χ2n) is 4.36. The van der Waals surface area contributed by atoms with Gasteiger partial charge in [0.25, 0.3) is 0 Å². The molecule has 2 aromatic heterocycles. The minimum absolute atomic E-state index is 0.204. The van der Waals surface area contributed by atoms with Crippen molar-refractivity contribution < 1.29 is 4.79 Å².